The summed E-state index contributed by atoms with van der Waals surface area (Å²) in [7, 11) is 0. The average molecular weight is 311 g/mol. The summed E-state index contributed by atoms with van der Waals surface area (Å²) in [5, 5.41) is 0. The maximum absolute atomic E-state index is 2.51. The van der Waals surface area contributed by atoms with Crippen LogP contribution in [0.3, 0.4) is 0 Å². The summed E-state index contributed by atoms with van der Waals surface area (Å²) in [5.41, 5.74) is 0. The molecule has 0 aromatic heterocycles. The first-order valence-corrected chi connectivity index (χ1v) is 10.1. The van der Waals surface area contributed by atoms with Crippen molar-refractivity contribution in [1.29, 1.82) is 0 Å². The SMILES string of the molecule is CCC(CC)C(C)C(C)C(C)C(C)C(C)C(C)C(C)C(C)C. The lowest BCUT2D eigenvalue weighted by Crippen LogP contribution is -2.33. The number of hydrogen-bond donors (Lipinski definition) is 0. The lowest BCUT2D eigenvalue weighted by molar-refractivity contribution is 0.0890. The molecule has 0 fully saturated rings. The van der Waals surface area contributed by atoms with Gasteiger partial charge in [0.05, 0.1) is 0 Å². The van der Waals surface area contributed by atoms with Crippen LogP contribution in [-0.4, -0.2) is 0 Å². The van der Waals surface area contributed by atoms with Crippen LogP contribution in [0.25, 0.3) is 0 Å². The van der Waals surface area contributed by atoms with Gasteiger partial charge in [0.1, 0.15) is 0 Å². The van der Waals surface area contributed by atoms with Gasteiger partial charge in [-0.2, -0.15) is 0 Å². The molecule has 0 rings (SSSR count). The van der Waals surface area contributed by atoms with Crippen LogP contribution >= 0.6 is 0 Å². The molecule has 7 unspecified atom stereocenters. The third kappa shape index (κ3) is 5.57. The summed E-state index contributed by atoms with van der Waals surface area (Å²) in [4.78, 5) is 0. The molecule has 0 nitrogen and oxygen atoms in total. The first-order chi connectivity index (χ1) is 10.1. The van der Waals surface area contributed by atoms with Gasteiger partial charge in [0, 0.05) is 0 Å². The van der Waals surface area contributed by atoms with E-state index in [1.54, 1.807) is 0 Å². The zero-order chi connectivity index (χ0) is 17.6. The van der Waals surface area contributed by atoms with Crippen molar-refractivity contribution in [2.75, 3.05) is 0 Å². The Labute approximate surface area is 142 Å². The molecule has 0 heteroatoms. The van der Waals surface area contributed by atoms with Gasteiger partial charge in [-0.05, 0) is 53.3 Å². The Morgan fingerprint density at radius 3 is 0.955 bits per heavy atom. The van der Waals surface area contributed by atoms with E-state index in [0.29, 0.717) is 0 Å². The highest BCUT2D eigenvalue weighted by Crippen LogP contribution is 2.40. The van der Waals surface area contributed by atoms with Gasteiger partial charge < -0.3 is 0 Å². The summed E-state index contributed by atoms with van der Waals surface area (Å²) in [5.74, 6) is 7.41. The standard InChI is InChI=1S/C22H46/c1-12-22(13-2)21(11)20(10)19(9)18(8)17(7)16(6)15(5)14(3)4/h14-22H,12-13H2,1-11H3. The second-order valence-electron chi connectivity index (χ2n) is 8.83. The van der Waals surface area contributed by atoms with E-state index in [9.17, 15) is 0 Å². The Kier molecular flexibility index (Phi) is 9.99. The Bertz CT molecular complexity index is 258. The molecular formula is C22H46. The topological polar surface area (TPSA) is 0 Å². The van der Waals surface area contributed by atoms with Crippen LogP contribution in [0, 0.1) is 53.3 Å². The molecule has 0 amide bonds. The molecule has 0 aliphatic heterocycles. The molecule has 0 heterocycles. The van der Waals surface area contributed by atoms with E-state index >= 15 is 0 Å². The van der Waals surface area contributed by atoms with Crippen molar-refractivity contribution in [2.45, 2.75) is 89.0 Å². The van der Waals surface area contributed by atoms with E-state index in [1.807, 2.05) is 0 Å². The predicted octanol–water partition coefficient (Wildman–Crippen LogP) is 7.53. The number of rotatable bonds is 10. The lowest BCUT2D eigenvalue weighted by atomic mass is 9.66. The summed E-state index contributed by atoms with van der Waals surface area (Å²) in [6.07, 6.45) is 2.67. The maximum Gasteiger partial charge on any atom is -0.0386 e. The largest absolute Gasteiger partial charge is 0.0651 e. The van der Waals surface area contributed by atoms with E-state index in [2.05, 4.69) is 76.2 Å². The normalized spacial score (nSPS) is 22.2. The third-order valence-corrected chi connectivity index (χ3v) is 7.82. The van der Waals surface area contributed by atoms with Gasteiger partial charge >= 0.3 is 0 Å². The van der Waals surface area contributed by atoms with Crippen molar-refractivity contribution < 1.29 is 0 Å². The highest BCUT2D eigenvalue weighted by atomic mass is 14.4. The Hall–Kier alpha value is 0. The van der Waals surface area contributed by atoms with Gasteiger partial charge in [-0.1, -0.05) is 89.0 Å². The molecule has 7 atom stereocenters. The van der Waals surface area contributed by atoms with Crippen LogP contribution < -0.4 is 0 Å². The molecule has 134 valence electrons. The number of hydrogen-bond acceptors (Lipinski definition) is 0. The minimum atomic E-state index is 0.792. The zero-order valence-corrected chi connectivity index (χ0v) is 17.6. The minimum absolute atomic E-state index is 0.792. The molecule has 0 aromatic carbocycles. The van der Waals surface area contributed by atoms with Crippen LogP contribution in [0.2, 0.25) is 0 Å². The van der Waals surface area contributed by atoms with Crippen molar-refractivity contribution in [3.8, 4) is 0 Å². The summed E-state index contributed by atoms with van der Waals surface area (Å²) in [6, 6.07) is 0. The van der Waals surface area contributed by atoms with Crippen LogP contribution in [0.1, 0.15) is 89.0 Å². The van der Waals surface area contributed by atoms with Gasteiger partial charge in [0.15, 0.2) is 0 Å². The monoisotopic (exact) mass is 310 g/mol. The molecule has 0 spiro atoms. The molecule has 0 aliphatic carbocycles. The van der Waals surface area contributed by atoms with E-state index in [4.69, 9.17) is 0 Å². The van der Waals surface area contributed by atoms with Gasteiger partial charge in [-0.3, -0.25) is 0 Å². The van der Waals surface area contributed by atoms with E-state index in [-0.39, 0.29) is 0 Å². The Morgan fingerprint density at radius 2 is 0.682 bits per heavy atom. The Balaban J connectivity index is 4.85. The molecule has 0 saturated carbocycles. The zero-order valence-electron chi connectivity index (χ0n) is 17.6. The van der Waals surface area contributed by atoms with E-state index in [0.717, 1.165) is 53.3 Å². The van der Waals surface area contributed by atoms with Crippen molar-refractivity contribution in [3.05, 3.63) is 0 Å². The second-order valence-corrected chi connectivity index (χ2v) is 8.83. The highest BCUT2D eigenvalue weighted by molar-refractivity contribution is 4.82. The fourth-order valence-corrected chi connectivity index (χ4v) is 4.46. The minimum Gasteiger partial charge on any atom is -0.0651 e. The Morgan fingerprint density at radius 1 is 0.409 bits per heavy atom. The summed E-state index contributed by atoms with van der Waals surface area (Å²) in [6.45, 7) is 26.9. The molecule has 0 bridgehead atoms. The summed E-state index contributed by atoms with van der Waals surface area (Å²) < 4.78 is 0. The van der Waals surface area contributed by atoms with Gasteiger partial charge in [-0.25, -0.2) is 0 Å². The molecule has 0 aromatic rings. The lowest BCUT2D eigenvalue weighted by Gasteiger charge is -2.40. The van der Waals surface area contributed by atoms with Gasteiger partial charge in [0.2, 0.25) is 0 Å². The second kappa shape index (κ2) is 9.99. The summed E-state index contributed by atoms with van der Waals surface area (Å²) >= 11 is 0. The fraction of sp³-hybridized carbons (Fsp3) is 1.00. The average Bonchev–Trinajstić information content (AvgIpc) is 2.51. The van der Waals surface area contributed by atoms with E-state index in [1.165, 1.54) is 12.8 Å². The highest BCUT2D eigenvalue weighted by Gasteiger charge is 2.33. The first kappa shape index (κ1) is 22.0. The molecule has 0 aliphatic rings. The van der Waals surface area contributed by atoms with Crippen molar-refractivity contribution in [2.24, 2.45) is 53.3 Å². The molecule has 0 N–H and O–H groups in total. The van der Waals surface area contributed by atoms with Gasteiger partial charge in [-0.15, -0.1) is 0 Å². The van der Waals surface area contributed by atoms with Crippen LogP contribution in [0.5, 0.6) is 0 Å². The first-order valence-electron chi connectivity index (χ1n) is 10.1. The van der Waals surface area contributed by atoms with Crippen molar-refractivity contribution in [3.63, 3.8) is 0 Å². The molecule has 0 radical (unpaired) electrons. The smallest absolute Gasteiger partial charge is 0.0386 e. The third-order valence-electron chi connectivity index (χ3n) is 7.82. The molecular weight excluding hydrogens is 264 g/mol. The van der Waals surface area contributed by atoms with Crippen LogP contribution in [0.15, 0.2) is 0 Å². The fourth-order valence-electron chi connectivity index (χ4n) is 4.46. The molecule has 0 saturated heterocycles. The molecule has 22 heavy (non-hydrogen) atoms. The maximum atomic E-state index is 2.51. The quantitative estimate of drug-likeness (QED) is 0.391. The van der Waals surface area contributed by atoms with Crippen molar-refractivity contribution in [1.82, 2.24) is 0 Å². The van der Waals surface area contributed by atoms with Crippen molar-refractivity contribution >= 4 is 0 Å². The van der Waals surface area contributed by atoms with Crippen LogP contribution in [0.4, 0.5) is 0 Å². The van der Waals surface area contributed by atoms with Gasteiger partial charge in [0.25, 0.3) is 0 Å². The van der Waals surface area contributed by atoms with E-state index < -0.39 is 0 Å². The van der Waals surface area contributed by atoms with Crippen LogP contribution in [-0.2, 0) is 0 Å². The predicted molar refractivity (Wildman–Crippen MR) is 103 cm³/mol.